The van der Waals surface area contributed by atoms with Gasteiger partial charge in [0.2, 0.25) is 0 Å². The number of allylic oxidation sites excluding steroid dienone is 4. The number of hydrogen-bond donors (Lipinski definition) is 0. The summed E-state index contributed by atoms with van der Waals surface area (Å²) in [6.07, 6.45) is 9.21. The number of aromatic nitrogens is 1. The van der Waals surface area contributed by atoms with Gasteiger partial charge >= 0.3 is 0 Å². The number of pyridine rings is 1. The van der Waals surface area contributed by atoms with Gasteiger partial charge in [-0.3, -0.25) is 0 Å². The van der Waals surface area contributed by atoms with Crippen molar-refractivity contribution in [2.24, 2.45) is 0 Å². The zero-order valence-electron chi connectivity index (χ0n) is 21.9. The molecule has 4 heteroatoms. The monoisotopic (exact) mass is 528 g/mol. The van der Waals surface area contributed by atoms with E-state index in [1.165, 1.54) is 38.2 Å². The number of fused-ring (bicyclic) bond motifs is 2. The first-order chi connectivity index (χ1) is 19.8. The molecule has 40 heavy (non-hydrogen) atoms. The first kappa shape index (κ1) is 24.1. The van der Waals surface area contributed by atoms with Gasteiger partial charge in [0, 0.05) is 34.7 Å². The maximum Gasteiger partial charge on any atom is 0.160 e. The van der Waals surface area contributed by atoms with Gasteiger partial charge in [-0.2, -0.15) is 5.26 Å². The van der Waals surface area contributed by atoms with Crippen LogP contribution in [-0.2, 0) is 0 Å². The lowest BCUT2D eigenvalue weighted by molar-refractivity contribution is 0.854. The highest BCUT2D eigenvalue weighted by molar-refractivity contribution is 6.98. The van der Waals surface area contributed by atoms with Crippen molar-refractivity contribution in [2.45, 2.75) is 12.3 Å². The Hall–Kier alpha value is -4.98. The molecule has 0 fully saturated rings. The van der Waals surface area contributed by atoms with Crippen LogP contribution in [0.25, 0.3) is 5.57 Å². The SMILES string of the molecule is N#Cc1ncccc1C1=CCC(c2ccccc2N2c3ccccc3[Si](c3ccccc3)c3ccccc32)C=C1. The van der Waals surface area contributed by atoms with E-state index in [1.54, 1.807) is 6.20 Å². The van der Waals surface area contributed by atoms with Crippen LogP contribution in [0.1, 0.15) is 29.2 Å². The van der Waals surface area contributed by atoms with Crippen molar-refractivity contribution in [1.82, 2.24) is 4.98 Å². The molecule has 0 saturated carbocycles. The van der Waals surface area contributed by atoms with E-state index in [0.29, 0.717) is 5.69 Å². The van der Waals surface area contributed by atoms with E-state index in [4.69, 9.17) is 0 Å². The van der Waals surface area contributed by atoms with Crippen LogP contribution in [0.3, 0.4) is 0 Å². The third kappa shape index (κ3) is 4.09. The highest BCUT2D eigenvalue weighted by Crippen LogP contribution is 2.42. The fraction of sp³-hybridized carbons (Fsp3) is 0.0556. The van der Waals surface area contributed by atoms with E-state index in [2.05, 4.69) is 137 Å². The average molecular weight is 529 g/mol. The molecule has 3 nitrogen and oxygen atoms in total. The number of anilines is 3. The molecule has 0 N–H and O–H groups in total. The van der Waals surface area contributed by atoms with Crippen LogP contribution in [0.5, 0.6) is 0 Å². The highest BCUT2D eigenvalue weighted by atomic mass is 28.3. The fourth-order valence-corrected chi connectivity index (χ4v) is 8.86. The summed E-state index contributed by atoms with van der Waals surface area (Å²) >= 11 is 0. The molecule has 2 aliphatic rings. The van der Waals surface area contributed by atoms with Gasteiger partial charge in [0.05, 0.1) is 0 Å². The van der Waals surface area contributed by atoms with Crippen LogP contribution in [-0.4, -0.2) is 13.8 Å². The fourth-order valence-electron chi connectivity index (χ4n) is 5.99. The van der Waals surface area contributed by atoms with Gasteiger partial charge in [0.1, 0.15) is 11.8 Å². The Morgan fingerprint density at radius 3 is 2.05 bits per heavy atom. The summed E-state index contributed by atoms with van der Waals surface area (Å²) in [7, 11) is -1.16. The average Bonchev–Trinajstić information content (AvgIpc) is 3.04. The molecule has 1 unspecified atom stereocenters. The first-order valence-electron chi connectivity index (χ1n) is 13.6. The molecule has 2 heterocycles. The van der Waals surface area contributed by atoms with Crippen molar-refractivity contribution >= 4 is 47.0 Å². The number of rotatable bonds is 4. The molecule has 7 rings (SSSR count). The summed E-state index contributed by atoms with van der Waals surface area (Å²) in [6.45, 7) is 0. The number of nitrogens with zero attached hydrogens (tertiary/aromatic N) is 3. The lowest BCUT2D eigenvalue weighted by Gasteiger charge is -2.38. The van der Waals surface area contributed by atoms with Gasteiger partial charge in [0.15, 0.2) is 8.80 Å². The van der Waals surface area contributed by atoms with Crippen molar-refractivity contribution in [2.75, 3.05) is 4.90 Å². The maximum absolute atomic E-state index is 9.54. The number of benzene rings is 4. The zero-order valence-corrected chi connectivity index (χ0v) is 22.9. The van der Waals surface area contributed by atoms with Crippen LogP contribution in [0.15, 0.2) is 140 Å². The molecule has 4 aromatic carbocycles. The Labute approximate surface area is 236 Å². The maximum atomic E-state index is 9.54. The van der Waals surface area contributed by atoms with Crippen molar-refractivity contribution in [3.05, 3.63) is 157 Å². The van der Waals surface area contributed by atoms with Gasteiger partial charge in [0.25, 0.3) is 0 Å². The minimum atomic E-state index is -1.16. The predicted octanol–water partition coefficient (Wildman–Crippen LogP) is 6.38. The van der Waals surface area contributed by atoms with E-state index in [0.717, 1.165) is 17.6 Å². The van der Waals surface area contributed by atoms with Crippen LogP contribution in [0.4, 0.5) is 17.1 Å². The minimum absolute atomic E-state index is 0.224. The van der Waals surface area contributed by atoms with Crippen molar-refractivity contribution in [3.63, 3.8) is 0 Å². The molecule has 0 spiro atoms. The van der Waals surface area contributed by atoms with Gasteiger partial charge < -0.3 is 4.90 Å². The highest BCUT2D eigenvalue weighted by Gasteiger charge is 2.34. The van der Waals surface area contributed by atoms with Crippen molar-refractivity contribution < 1.29 is 0 Å². The molecule has 5 aromatic rings. The Morgan fingerprint density at radius 2 is 1.38 bits per heavy atom. The van der Waals surface area contributed by atoms with Gasteiger partial charge in [-0.05, 0) is 58.3 Å². The standard InChI is InChI=1S/C36H26N3Si/c37-25-31-29(14-10-24-38-31)26-20-22-27(23-21-26)30-13-4-5-15-32(30)39-33-16-6-8-18-35(33)40(28-11-2-1-3-12-28)36-19-9-7-17-34(36)39/h1-22,24,27H,23H2. The van der Waals surface area contributed by atoms with Crippen LogP contribution < -0.4 is 20.5 Å². The van der Waals surface area contributed by atoms with Gasteiger partial charge in [-0.25, -0.2) is 4.98 Å². The molecule has 1 atom stereocenters. The molecule has 0 bridgehead atoms. The van der Waals surface area contributed by atoms with E-state index in [9.17, 15) is 5.26 Å². The topological polar surface area (TPSA) is 39.9 Å². The Morgan fingerprint density at radius 1 is 0.725 bits per heavy atom. The lowest BCUT2D eigenvalue weighted by Crippen LogP contribution is -2.57. The molecule has 189 valence electrons. The Balaban J connectivity index is 1.32. The van der Waals surface area contributed by atoms with Crippen molar-refractivity contribution in [3.8, 4) is 6.07 Å². The second kappa shape index (κ2) is 10.3. The van der Waals surface area contributed by atoms with E-state index < -0.39 is 8.80 Å². The third-order valence-electron chi connectivity index (χ3n) is 7.79. The predicted molar refractivity (Wildman–Crippen MR) is 166 cm³/mol. The van der Waals surface area contributed by atoms with E-state index in [1.807, 2.05) is 12.1 Å². The summed E-state index contributed by atoms with van der Waals surface area (Å²) in [5, 5.41) is 13.8. The normalized spacial score (nSPS) is 16.0. The zero-order chi connectivity index (χ0) is 26.9. The summed E-state index contributed by atoms with van der Waals surface area (Å²) < 4.78 is 0. The van der Waals surface area contributed by atoms with Crippen LogP contribution in [0, 0.1) is 11.3 Å². The summed E-state index contributed by atoms with van der Waals surface area (Å²) in [6, 6.07) is 43.7. The lowest BCUT2D eigenvalue weighted by atomic mass is 9.86. The second-order valence-corrected chi connectivity index (χ2v) is 12.4. The minimum Gasteiger partial charge on any atom is -0.310 e. The first-order valence-corrected chi connectivity index (χ1v) is 15.1. The molecular weight excluding hydrogens is 503 g/mol. The van der Waals surface area contributed by atoms with Crippen molar-refractivity contribution in [1.29, 1.82) is 5.26 Å². The number of para-hydroxylation sites is 3. The molecule has 1 radical (unpaired) electrons. The van der Waals surface area contributed by atoms with Gasteiger partial charge in [-0.15, -0.1) is 0 Å². The molecular formula is C36H26N3Si. The molecule has 1 aromatic heterocycles. The largest absolute Gasteiger partial charge is 0.310 e. The third-order valence-corrected chi connectivity index (χ3v) is 10.6. The summed E-state index contributed by atoms with van der Waals surface area (Å²) in [5.41, 5.74) is 7.44. The van der Waals surface area contributed by atoms with Crippen LogP contribution in [0.2, 0.25) is 0 Å². The summed E-state index contributed by atoms with van der Waals surface area (Å²) in [5.74, 6) is 0.224. The molecule has 0 amide bonds. The second-order valence-electron chi connectivity index (χ2n) is 10.0. The van der Waals surface area contributed by atoms with Gasteiger partial charge in [-0.1, -0.05) is 108 Å². The Bertz CT molecular complexity index is 1770. The molecule has 1 aliphatic heterocycles. The van der Waals surface area contributed by atoms with E-state index in [-0.39, 0.29) is 5.92 Å². The summed E-state index contributed by atoms with van der Waals surface area (Å²) in [4.78, 5) is 6.73. The molecule has 1 aliphatic carbocycles. The Kier molecular flexibility index (Phi) is 6.20. The van der Waals surface area contributed by atoms with E-state index >= 15 is 0 Å². The number of hydrogen-bond acceptors (Lipinski definition) is 3. The van der Waals surface area contributed by atoms with Crippen LogP contribution >= 0.6 is 0 Å². The smallest absolute Gasteiger partial charge is 0.160 e. The molecule has 0 saturated heterocycles. The number of nitriles is 1. The quantitative estimate of drug-likeness (QED) is 0.249.